The van der Waals surface area contributed by atoms with Crippen molar-refractivity contribution in [3.05, 3.63) is 59.8 Å². The molecule has 1 saturated heterocycles. The van der Waals surface area contributed by atoms with Crippen molar-refractivity contribution in [3.8, 4) is 22.7 Å². The van der Waals surface area contributed by atoms with E-state index in [0.717, 1.165) is 37.0 Å². The van der Waals surface area contributed by atoms with Crippen LogP contribution in [0, 0.1) is 13.8 Å². The van der Waals surface area contributed by atoms with Crippen molar-refractivity contribution in [2.45, 2.75) is 27.1 Å². The molecule has 1 aliphatic rings. The van der Waals surface area contributed by atoms with Crippen LogP contribution in [0.25, 0.3) is 16.9 Å². The molecule has 4 heterocycles. The molecule has 5 rings (SSSR count). The molecular weight excluding hydrogens is 539 g/mol. The van der Waals surface area contributed by atoms with E-state index in [2.05, 4.69) is 42.3 Å². The molecule has 1 fully saturated rings. The van der Waals surface area contributed by atoms with Crippen LogP contribution in [-0.4, -0.2) is 79.7 Å². The Morgan fingerprint density at radius 2 is 1.83 bits per heavy atom. The number of carbonyl (C=O) groups excluding carboxylic acids is 1. The predicted molar refractivity (Wildman–Crippen MR) is 146 cm³/mol. The number of pyridine rings is 1. The standard InChI is InChI=1S/C27H30F3N9O2/c1-5-37-6-8-38(9-7-37)21-10-19(11-22(13-21)41-27(28,29)30)26(40)33-20-12-25(17(2)31-14-20)39-16-24(34-35-39)23-15-32-36(4)18(23)3/h10-16H,5-9H2,1-4H3,(H,33,40). The third kappa shape index (κ3) is 6.32. The molecule has 0 aliphatic carbocycles. The van der Waals surface area contributed by atoms with Gasteiger partial charge in [0.15, 0.2) is 0 Å². The van der Waals surface area contributed by atoms with Gasteiger partial charge in [-0.05, 0) is 38.6 Å². The van der Waals surface area contributed by atoms with E-state index in [1.165, 1.54) is 12.3 Å². The summed E-state index contributed by atoms with van der Waals surface area (Å²) in [5.74, 6) is -1.06. The SMILES string of the molecule is CCN1CCN(c2cc(OC(F)(F)F)cc(C(=O)Nc3cnc(C)c(-n4cc(-c5cnn(C)c5C)nn4)c3)c2)CC1. The lowest BCUT2D eigenvalue weighted by molar-refractivity contribution is -0.274. The molecule has 4 aromatic rings. The summed E-state index contributed by atoms with van der Waals surface area (Å²) in [5, 5.41) is 15.5. The second-order valence-corrected chi connectivity index (χ2v) is 9.78. The first kappa shape index (κ1) is 28.1. The number of nitrogens with one attached hydrogen (secondary N) is 1. The monoisotopic (exact) mass is 569 g/mol. The van der Waals surface area contributed by atoms with Crippen LogP contribution in [0.4, 0.5) is 24.5 Å². The Labute approximate surface area is 234 Å². The number of rotatable bonds is 7. The first-order chi connectivity index (χ1) is 19.5. The van der Waals surface area contributed by atoms with Crippen LogP contribution in [0.2, 0.25) is 0 Å². The van der Waals surface area contributed by atoms with Crippen molar-refractivity contribution >= 4 is 17.3 Å². The highest BCUT2D eigenvalue weighted by Crippen LogP contribution is 2.30. The van der Waals surface area contributed by atoms with Crippen LogP contribution >= 0.6 is 0 Å². The molecule has 1 aliphatic heterocycles. The number of aryl methyl sites for hydroxylation is 2. The Hall–Kier alpha value is -4.46. The van der Waals surface area contributed by atoms with Crippen LogP contribution in [0.1, 0.15) is 28.7 Å². The number of amides is 1. The van der Waals surface area contributed by atoms with Gasteiger partial charge < -0.3 is 19.9 Å². The molecule has 1 aromatic carbocycles. The number of nitrogens with zero attached hydrogens (tertiary/aromatic N) is 8. The fourth-order valence-electron chi connectivity index (χ4n) is 4.69. The van der Waals surface area contributed by atoms with Crippen LogP contribution in [0.5, 0.6) is 5.75 Å². The number of halogens is 3. The number of carbonyl (C=O) groups is 1. The first-order valence-electron chi connectivity index (χ1n) is 13.1. The minimum Gasteiger partial charge on any atom is -0.406 e. The van der Waals surface area contributed by atoms with Gasteiger partial charge in [-0.1, -0.05) is 12.1 Å². The van der Waals surface area contributed by atoms with Gasteiger partial charge in [0.05, 0.1) is 35.7 Å². The number of benzene rings is 1. The first-order valence-corrected chi connectivity index (χ1v) is 13.1. The summed E-state index contributed by atoms with van der Waals surface area (Å²) >= 11 is 0. The van der Waals surface area contributed by atoms with Crippen molar-refractivity contribution in [1.82, 2.24) is 34.7 Å². The lowest BCUT2D eigenvalue weighted by Gasteiger charge is -2.35. The van der Waals surface area contributed by atoms with Gasteiger partial charge >= 0.3 is 6.36 Å². The van der Waals surface area contributed by atoms with Crippen molar-refractivity contribution < 1.29 is 22.7 Å². The quantitative estimate of drug-likeness (QED) is 0.357. The zero-order valence-corrected chi connectivity index (χ0v) is 23.1. The average Bonchev–Trinajstić information content (AvgIpc) is 3.55. The largest absolute Gasteiger partial charge is 0.573 e. The van der Waals surface area contributed by atoms with Crippen molar-refractivity contribution in [2.75, 3.05) is 42.9 Å². The van der Waals surface area contributed by atoms with E-state index in [9.17, 15) is 18.0 Å². The number of ether oxygens (including phenoxy) is 1. The van der Waals surface area contributed by atoms with E-state index in [-0.39, 0.29) is 5.56 Å². The summed E-state index contributed by atoms with van der Waals surface area (Å²) in [7, 11) is 1.84. The molecule has 11 nitrogen and oxygen atoms in total. The summed E-state index contributed by atoms with van der Waals surface area (Å²) in [6.07, 6.45) is 0.0248. The summed E-state index contributed by atoms with van der Waals surface area (Å²) in [6, 6.07) is 5.64. The molecular formula is C27H30F3N9O2. The van der Waals surface area contributed by atoms with E-state index >= 15 is 0 Å². The van der Waals surface area contributed by atoms with E-state index in [1.54, 1.807) is 40.8 Å². The maximum Gasteiger partial charge on any atom is 0.573 e. The molecule has 1 N–H and O–H groups in total. The number of aromatic nitrogens is 6. The van der Waals surface area contributed by atoms with Crippen LogP contribution in [-0.2, 0) is 7.05 Å². The fourth-order valence-corrected chi connectivity index (χ4v) is 4.69. The third-order valence-corrected chi connectivity index (χ3v) is 7.14. The highest BCUT2D eigenvalue weighted by Gasteiger charge is 2.32. The molecule has 0 saturated carbocycles. The highest BCUT2D eigenvalue weighted by atomic mass is 19.4. The molecule has 3 aromatic heterocycles. The van der Waals surface area contributed by atoms with Crippen molar-refractivity contribution in [1.29, 1.82) is 0 Å². The molecule has 1 amide bonds. The molecule has 0 unspecified atom stereocenters. The van der Waals surface area contributed by atoms with Crippen molar-refractivity contribution in [3.63, 3.8) is 0 Å². The lowest BCUT2D eigenvalue weighted by atomic mass is 10.1. The Morgan fingerprint density at radius 3 is 2.49 bits per heavy atom. The highest BCUT2D eigenvalue weighted by molar-refractivity contribution is 6.05. The second-order valence-electron chi connectivity index (χ2n) is 9.78. The van der Waals surface area contributed by atoms with Gasteiger partial charge in [0.1, 0.15) is 11.4 Å². The minimum absolute atomic E-state index is 0.0249. The van der Waals surface area contributed by atoms with Crippen LogP contribution in [0.15, 0.2) is 42.9 Å². The normalized spacial score (nSPS) is 14.4. The summed E-state index contributed by atoms with van der Waals surface area (Å²) in [4.78, 5) is 21.8. The maximum atomic E-state index is 13.3. The average molecular weight is 570 g/mol. The Morgan fingerprint density at radius 1 is 1.07 bits per heavy atom. The van der Waals surface area contributed by atoms with Gasteiger partial charge in [0.25, 0.3) is 5.91 Å². The second kappa shape index (κ2) is 11.2. The lowest BCUT2D eigenvalue weighted by Crippen LogP contribution is -2.46. The van der Waals surface area contributed by atoms with Gasteiger partial charge in [-0.2, -0.15) is 5.10 Å². The molecule has 41 heavy (non-hydrogen) atoms. The minimum atomic E-state index is -4.89. The number of hydrogen-bond donors (Lipinski definition) is 1. The van der Waals surface area contributed by atoms with Gasteiger partial charge in [0, 0.05) is 61.8 Å². The number of piperazine rings is 1. The fraction of sp³-hybridized carbons (Fsp3) is 0.370. The number of alkyl halides is 3. The van der Waals surface area contributed by atoms with Gasteiger partial charge in [-0.25, -0.2) is 4.68 Å². The molecule has 14 heteroatoms. The number of hydrogen-bond acceptors (Lipinski definition) is 8. The molecule has 216 valence electrons. The summed E-state index contributed by atoms with van der Waals surface area (Å²) < 4.78 is 46.8. The molecule has 0 spiro atoms. The number of anilines is 2. The van der Waals surface area contributed by atoms with Gasteiger partial charge in [0.2, 0.25) is 0 Å². The third-order valence-electron chi connectivity index (χ3n) is 7.14. The summed E-state index contributed by atoms with van der Waals surface area (Å²) in [6.45, 7) is 9.45. The van der Waals surface area contributed by atoms with Crippen molar-refractivity contribution in [2.24, 2.45) is 7.05 Å². The topological polar surface area (TPSA) is 106 Å². The van der Waals surface area contributed by atoms with E-state index in [1.807, 2.05) is 18.9 Å². The van der Waals surface area contributed by atoms with E-state index < -0.39 is 18.0 Å². The smallest absolute Gasteiger partial charge is 0.406 e. The van der Waals surface area contributed by atoms with Crippen LogP contribution in [0.3, 0.4) is 0 Å². The van der Waals surface area contributed by atoms with Gasteiger partial charge in [-0.3, -0.25) is 14.5 Å². The Balaban J connectivity index is 1.40. The Kier molecular flexibility index (Phi) is 7.67. The van der Waals surface area contributed by atoms with Gasteiger partial charge in [-0.15, -0.1) is 18.3 Å². The zero-order valence-electron chi connectivity index (χ0n) is 23.1. The van der Waals surface area contributed by atoms with E-state index in [4.69, 9.17) is 0 Å². The van der Waals surface area contributed by atoms with Crippen LogP contribution < -0.4 is 15.0 Å². The zero-order chi connectivity index (χ0) is 29.3. The molecule has 0 bridgehead atoms. The maximum absolute atomic E-state index is 13.3. The summed E-state index contributed by atoms with van der Waals surface area (Å²) in [5.41, 5.74) is 4.44. The number of likely N-dealkylation sites (N-methyl/N-ethyl adjacent to an activating group) is 1. The molecule has 0 atom stereocenters. The predicted octanol–water partition coefficient (Wildman–Crippen LogP) is 3.97. The van der Waals surface area contributed by atoms with E-state index in [0.29, 0.717) is 41.5 Å². The molecule has 0 radical (unpaired) electrons. The Bertz CT molecular complexity index is 1560.